The summed E-state index contributed by atoms with van der Waals surface area (Å²) in [6.45, 7) is 11.8. The predicted octanol–water partition coefficient (Wildman–Crippen LogP) is 5.28. The highest BCUT2D eigenvalue weighted by Crippen LogP contribution is 2.24. The summed E-state index contributed by atoms with van der Waals surface area (Å²) in [7, 11) is -2.28. The van der Waals surface area contributed by atoms with Crippen LogP contribution < -0.4 is 20.3 Å². The fourth-order valence-electron chi connectivity index (χ4n) is 5.75. The Kier molecular flexibility index (Phi) is 15.0. The van der Waals surface area contributed by atoms with E-state index in [1.54, 1.807) is 42.5 Å². The number of nitrogens with one attached hydrogen (secondary N) is 3. The van der Waals surface area contributed by atoms with Gasteiger partial charge in [0, 0.05) is 25.1 Å². The van der Waals surface area contributed by atoms with Crippen molar-refractivity contribution in [3.8, 4) is 0 Å². The van der Waals surface area contributed by atoms with Crippen LogP contribution >= 0.6 is 0 Å². The Labute approximate surface area is 298 Å². The molecule has 11 heteroatoms. The Balaban J connectivity index is 1.71. The van der Waals surface area contributed by atoms with Crippen LogP contribution in [0.5, 0.6) is 0 Å². The highest BCUT2D eigenvalue weighted by Gasteiger charge is 2.33. The van der Waals surface area contributed by atoms with Crippen molar-refractivity contribution in [1.29, 1.82) is 0 Å². The molecule has 0 aromatic heterocycles. The first-order chi connectivity index (χ1) is 23.6. The first-order valence-corrected chi connectivity index (χ1v) is 18.9. The van der Waals surface area contributed by atoms with Crippen molar-refractivity contribution in [3.05, 3.63) is 102 Å². The molecule has 3 unspecified atom stereocenters. The summed E-state index contributed by atoms with van der Waals surface area (Å²) in [5.74, 6) is -2.14. The largest absolute Gasteiger partial charge is 0.391 e. The van der Waals surface area contributed by atoms with Crippen LogP contribution in [0.3, 0.4) is 0 Å². The topological polar surface area (TPSA) is 145 Å². The standard InChI is InChI=1S/C39H54N4O6S/c1-26(2)21-34(41-37(45)31-19-14-20-32(22-31)43(7)50(48,49)25-30-17-12-9-13-18-30)35(44)23-33(27(3)4)38(46)42-36(28(5)6)39(47)40-24-29-15-10-8-11-16-29/h8-20,22,26-28,33-36,44H,21,23-25H2,1-7H3,(H,40,47)(H,41,45)(H,42,46)/t33?,34?,35?,36-/m0/s1. The Morgan fingerprint density at radius 3 is 1.90 bits per heavy atom. The number of hydrogen-bond acceptors (Lipinski definition) is 6. The molecule has 3 aromatic carbocycles. The van der Waals surface area contributed by atoms with Crippen LogP contribution in [0.25, 0.3) is 0 Å². The lowest BCUT2D eigenvalue weighted by molar-refractivity contribution is -0.133. The minimum atomic E-state index is -3.73. The monoisotopic (exact) mass is 706 g/mol. The van der Waals surface area contributed by atoms with Gasteiger partial charge in [0.1, 0.15) is 6.04 Å². The average molecular weight is 707 g/mol. The summed E-state index contributed by atoms with van der Waals surface area (Å²) >= 11 is 0. The first-order valence-electron chi connectivity index (χ1n) is 17.3. The molecule has 0 aliphatic carbocycles. The van der Waals surface area contributed by atoms with E-state index < -0.39 is 40.0 Å². The first kappa shape index (κ1) is 40.2. The Hall–Kier alpha value is -4.22. The molecule has 0 aliphatic rings. The van der Waals surface area contributed by atoms with Gasteiger partial charge in [0.25, 0.3) is 5.91 Å². The van der Waals surface area contributed by atoms with E-state index in [-0.39, 0.29) is 47.3 Å². The molecule has 272 valence electrons. The molecular formula is C39H54N4O6S. The van der Waals surface area contributed by atoms with E-state index in [0.717, 1.165) is 9.87 Å². The summed E-state index contributed by atoms with van der Waals surface area (Å²) in [6, 6.07) is 23.3. The van der Waals surface area contributed by atoms with E-state index in [4.69, 9.17) is 0 Å². The second-order valence-corrected chi connectivity index (χ2v) is 16.1. The molecule has 10 nitrogen and oxygen atoms in total. The second-order valence-electron chi connectivity index (χ2n) is 14.1. The van der Waals surface area contributed by atoms with Gasteiger partial charge in [-0.25, -0.2) is 8.42 Å². The van der Waals surface area contributed by atoms with Crippen LogP contribution in [0.2, 0.25) is 0 Å². The summed E-state index contributed by atoms with van der Waals surface area (Å²) in [6.07, 6.45) is -0.556. The van der Waals surface area contributed by atoms with Crippen LogP contribution in [0.4, 0.5) is 5.69 Å². The van der Waals surface area contributed by atoms with Gasteiger partial charge in [0.15, 0.2) is 0 Å². The number of benzene rings is 3. The zero-order chi connectivity index (χ0) is 37.0. The SMILES string of the molecule is CC(C)CC(NC(=O)c1cccc(N(C)S(=O)(=O)Cc2ccccc2)c1)C(O)CC(C(=O)N[C@H](C(=O)NCc1ccccc1)C(C)C)C(C)C. The predicted molar refractivity (Wildman–Crippen MR) is 199 cm³/mol. The van der Waals surface area contributed by atoms with Gasteiger partial charge in [-0.15, -0.1) is 0 Å². The molecule has 0 fully saturated rings. The van der Waals surface area contributed by atoms with Gasteiger partial charge in [-0.2, -0.15) is 0 Å². The van der Waals surface area contributed by atoms with Gasteiger partial charge < -0.3 is 21.1 Å². The lowest BCUT2D eigenvalue weighted by Gasteiger charge is -2.31. The fourth-order valence-corrected chi connectivity index (χ4v) is 7.00. The lowest BCUT2D eigenvalue weighted by Crippen LogP contribution is -2.52. The third-order valence-electron chi connectivity index (χ3n) is 8.78. The minimum absolute atomic E-state index is 0.0676. The number of aliphatic hydroxyl groups excluding tert-OH is 1. The number of rotatable bonds is 18. The quantitative estimate of drug-likeness (QED) is 0.142. The highest BCUT2D eigenvalue weighted by atomic mass is 32.2. The number of sulfonamides is 1. The third-order valence-corrected chi connectivity index (χ3v) is 10.5. The van der Waals surface area contributed by atoms with Gasteiger partial charge in [-0.3, -0.25) is 18.7 Å². The van der Waals surface area contributed by atoms with Crippen molar-refractivity contribution >= 4 is 33.4 Å². The molecule has 0 radical (unpaired) electrons. The zero-order valence-corrected chi connectivity index (χ0v) is 31.1. The number of anilines is 1. The average Bonchev–Trinajstić information content (AvgIpc) is 3.07. The van der Waals surface area contributed by atoms with Crippen LogP contribution in [0.15, 0.2) is 84.9 Å². The van der Waals surface area contributed by atoms with Gasteiger partial charge in [0.05, 0.1) is 23.6 Å². The van der Waals surface area contributed by atoms with Gasteiger partial charge >= 0.3 is 0 Å². The van der Waals surface area contributed by atoms with E-state index in [9.17, 15) is 27.9 Å². The zero-order valence-electron chi connectivity index (χ0n) is 30.3. The maximum absolute atomic E-state index is 13.7. The molecule has 0 bridgehead atoms. The summed E-state index contributed by atoms with van der Waals surface area (Å²) in [5, 5.41) is 20.3. The Morgan fingerprint density at radius 2 is 1.34 bits per heavy atom. The molecule has 3 rings (SSSR count). The van der Waals surface area contributed by atoms with Gasteiger partial charge in [-0.1, -0.05) is 108 Å². The van der Waals surface area contributed by atoms with Crippen molar-refractivity contribution in [2.75, 3.05) is 11.4 Å². The molecule has 0 saturated carbocycles. The second kappa shape index (κ2) is 18.7. The van der Waals surface area contributed by atoms with E-state index in [0.29, 0.717) is 24.2 Å². The van der Waals surface area contributed by atoms with E-state index in [2.05, 4.69) is 16.0 Å². The number of amides is 3. The molecule has 4 atom stereocenters. The van der Waals surface area contributed by atoms with E-state index in [1.807, 2.05) is 77.9 Å². The number of nitrogens with zero attached hydrogens (tertiary/aromatic N) is 1. The van der Waals surface area contributed by atoms with Crippen molar-refractivity contribution in [3.63, 3.8) is 0 Å². The van der Waals surface area contributed by atoms with Crippen molar-refractivity contribution in [2.45, 2.75) is 84.9 Å². The molecule has 3 aromatic rings. The molecule has 3 amide bonds. The minimum Gasteiger partial charge on any atom is -0.391 e. The fraction of sp³-hybridized carbons (Fsp3) is 0.462. The normalized spacial score (nSPS) is 14.1. The van der Waals surface area contributed by atoms with Gasteiger partial charge in [0.2, 0.25) is 21.8 Å². The molecule has 0 heterocycles. The molecule has 50 heavy (non-hydrogen) atoms. The summed E-state index contributed by atoms with van der Waals surface area (Å²) < 4.78 is 27.5. The maximum atomic E-state index is 13.7. The summed E-state index contributed by atoms with van der Waals surface area (Å²) in [5.41, 5.74) is 2.17. The van der Waals surface area contributed by atoms with Gasteiger partial charge in [-0.05, 0) is 59.9 Å². The molecular weight excluding hydrogens is 653 g/mol. The molecule has 4 N–H and O–H groups in total. The highest BCUT2D eigenvalue weighted by molar-refractivity contribution is 7.92. The number of carbonyl (C=O) groups excluding carboxylic acids is 3. The number of hydrogen-bond donors (Lipinski definition) is 4. The van der Waals surface area contributed by atoms with E-state index >= 15 is 0 Å². The lowest BCUT2D eigenvalue weighted by atomic mass is 9.85. The van der Waals surface area contributed by atoms with E-state index in [1.165, 1.54) is 13.1 Å². The third kappa shape index (κ3) is 12.0. The van der Waals surface area contributed by atoms with Crippen LogP contribution in [-0.4, -0.2) is 56.5 Å². The Bertz CT molecular complexity index is 1650. The van der Waals surface area contributed by atoms with Crippen molar-refractivity contribution in [2.24, 2.45) is 23.7 Å². The Morgan fingerprint density at radius 1 is 0.740 bits per heavy atom. The van der Waals surface area contributed by atoms with Crippen LogP contribution in [0.1, 0.15) is 75.9 Å². The van der Waals surface area contributed by atoms with Crippen molar-refractivity contribution < 1.29 is 27.9 Å². The molecule has 0 spiro atoms. The summed E-state index contributed by atoms with van der Waals surface area (Å²) in [4.78, 5) is 40.3. The number of aliphatic hydroxyl groups is 1. The van der Waals surface area contributed by atoms with Crippen LogP contribution in [0, 0.1) is 23.7 Å². The number of carbonyl (C=O) groups is 3. The smallest absolute Gasteiger partial charge is 0.251 e. The van der Waals surface area contributed by atoms with Crippen LogP contribution in [-0.2, 0) is 31.9 Å². The maximum Gasteiger partial charge on any atom is 0.251 e. The molecule has 0 saturated heterocycles. The molecule has 0 aliphatic heterocycles. The van der Waals surface area contributed by atoms with Crippen molar-refractivity contribution in [1.82, 2.24) is 16.0 Å².